The predicted octanol–water partition coefficient (Wildman–Crippen LogP) is 1.66. The highest BCUT2D eigenvalue weighted by molar-refractivity contribution is 6.49. The van der Waals surface area contributed by atoms with E-state index >= 15 is 0 Å². The van der Waals surface area contributed by atoms with Crippen LogP contribution in [0.25, 0.3) is 0 Å². The van der Waals surface area contributed by atoms with Crippen molar-refractivity contribution in [3.63, 3.8) is 0 Å². The van der Waals surface area contributed by atoms with Gasteiger partial charge in [-0.2, -0.15) is 0 Å². The van der Waals surface area contributed by atoms with Gasteiger partial charge in [0.2, 0.25) is 5.78 Å². The average molecular weight is 362 g/mol. The molecular formula is C17H20ClN5O2. The van der Waals surface area contributed by atoms with Crippen LogP contribution in [-0.2, 0) is 17.9 Å². The van der Waals surface area contributed by atoms with Crippen molar-refractivity contribution in [3.8, 4) is 0 Å². The first-order valence-corrected chi connectivity index (χ1v) is 8.92. The summed E-state index contributed by atoms with van der Waals surface area (Å²) in [7, 11) is 0. The Morgan fingerprint density at radius 1 is 1.08 bits per heavy atom. The summed E-state index contributed by atoms with van der Waals surface area (Å²) in [5.74, 6) is 0.563. The van der Waals surface area contributed by atoms with Gasteiger partial charge in [-0.1, -0.05) is 11.6 Å². The fourth-order valence-electron chi connectivity index (χ4n) is 3.69. The molecule has 1 saturated heterocycles. The second-order valence-corrected chi connectivity index (χ2v) is 7.03. The molecule has 0 aromatic carbocycles. The number of anilines is 1. The van der Waals surface area contributed by atoms with E-state index in [-0.39, 0.29) is 22.1 Å². The lowest BCUT2D eigenvalue weighted by Crippen LogP contribution is -2.23. The summed E-state index contributed by atoms with van der Waals surface area (Å²) in [6.45, 7) is 5.01. The standard InChI is InChI=1S/C17H20ClN5O2/c1-10-9-11(13(19)12(18)15(10)24)20-14-16(21-5-2-3-6-21)22-7-4-8-23(22)17(14)25/h9H,2-8,19H2,1H3. The van der Waals surface area contributed by atoms with Crippen molar-refractivity contribution in [1.82, 2.24) is 9.36 Å². The van der Waals surface area contributed by atoms with Crippen LogP contribution in [0.15, 0.2) is 32.2 Å². The highest BCUT2D eigenvalue weighted by atomic mass is 35.5. The van der Waals surface area contributed by atoms with Crippen LogP contribution < -0.4 is 16.2 Å². The molecule has 0 atom stereocenters. The molecular weight excluding hydrogens is 342 g/mol. The smallest absolute Gasteiger partial charge is 0.294 e. The van der Waals surface area contributed by atoms with Crippen LogP contribution in [0.5, 0.6) is 0 Å². The van der Waals surface area contributed by atoms with E-state index in [1.54, 1.807) is 17.7 Å². The van der Waals surface area contributed by atoms with Crippen molar-refractivity contribution in [2.45, 2.75) is 39.3 Å². The van der Waals surface area contributed by atoms with E-state index in [1.807, 2.05) is 4.68 Å². The Balaban J connectivity index is 1.89. The lowest BCUT2D eigenvalue weighted by molar-refractivity contribution is -0.111. The maximum Gasteiger partial charge on any atom is 0.294 e. The summed E-state index contributed by atoms with van der Waals surface area (Å²) in [6.07, 6.45) is 4.77. The summed E-state index contributed by atoms with van der Waals surface area (Å²) in [5, 5.41) is -0.0340. The molecule has 0 bridgehead atoms. The molecule has 1 aromatic rings. The maximum absolute atomic E-state index is 12.9. The molecule has 1 aliphatic carbocycles. The number of aromatic nitrogens is 2. The number of fused-ring (bicyclic) bond motifs is 1. The van der Waals surface area contributed by atoms with E-state index in [9.17, 15) is 9.59 Å². The summed E-state index contributed by atoms with van der Waals surface area (Å²) in [6, 6.07) is 0. The summed E-state index contributed by atoms with van der Waals surface area (Å²) >= 11 is 6.04. The van der Waals surface area contributed by atoms with E-state index in [4.69, 9.17) is 17.3 Å². The normalized spacial score (nSPS) is 22.2. The minimum atomic E-state index is -0.297. The molecule has 0 unspecified atom stereocenters. The third-order valence-corrected chi connectivity index (χ3v) is 5.36. The van der Waals surface area contributed by atoms with Gasteiger partial charge in [-0.25, -0.2) is 9.67 Å². The molecule has 1 aromatic heterocycles. The Kier molecular flexibility index (Phi) is 3.83. The topological polar surface area (TPSA) is 85.6 Å². The van der Waals surface area contributed by atoms with Crippen LogP contribution in [0.2, 0.25) is 0 Å². The van der Waals surface area contributed by atoms with Gasteiger partial charge in [-0.05, 0) is 32.3 Å². The molecule has 7 nitrogen and oxygen atoms in total. The van der Waals surface area contributed by atoms with Gasteiger partial charge < -0.3 is 10.6 Å². The number of nitrogens with zero attached hydrogens (tertiary/aromatic N) is 4. The lowest BCUT2D eigenvalue weighted by atomic mass is 10.0. The van der Waals surface area contributed by atoms with Gasteiger partial charge >= 0.3 is 0 Å². The molecule has 25 heavy (non-hydrogen) atoms. The number of ketones is 1. The molecule has 3 heterocycles. The van der Waals surface area contributed by atoms with Crippen molar-refractivity contribution in [1.29, 1.82) is 0 Å². The zero-order valence-corrected chi connectivity index (χ0v) is 14.8. The zero-order valence-electron chi connectivity index (χ0n) is 14.1. The predicted molar refractivity (Wildman–Crippen MR) is 97.7 cm³/mol. The number of rotatable bonds is 2. The number of hydrogen-bond acceptors (Lipinski definition) is 5. The Hall–Kier alpha value is -2.28. The number of carbonyl (C=O) groups excluding carboxylic acids is 1. The fourth-order valence-corrected chi connectivity index (χ4v) is 3.94. The van der Waals surface area contributed by atoms with Crippen molar-refractivity contribution < 1.29 is 4.79 Å². The molecule has 1 fully saturated rings. The van der Waals surface area contributed by atoms with Crippen molar-refractivity contribution >= 4 is 34.6 Å². The van der Waals surface area contributed by atoms with Crippen LogP contribution >= 0.6 is 11.6 Å². The van der Waals surface area contributed by atoms with Crippen LogP contribution in [0.4, 0.5) is 11.5 Å². The maximum atomic E-state index is 12.9. The van der Waals surface area contributed by atoms with Gasteiger partial charge in [0.15, 0.2) is 11.5 Å². The van der Waals surface area contributed by atoms with Crippen LogP contribution in [0, 0.1) is 0 Å². The SMILES string of the molecule is CC1=CC(=Nc2c(N3CCCC3)n3n(c2=O)CCC3)C(N)=C(Cl)C1=O. The molecule has 132 valence electrons. The van der Waals surface area contributed by atoms with Crippen LogP contribution in [0.1, 0.15) is 26.2 Å². The molecule has 0 amide bonds. The molecule has 3 aliphatic rings. The molecule has 2 aliphatic heterocycles. The third-order valence-electron chi connectivity index (χ3n) is 4.99. The third kappa shape index (κ3) is 2.45. The van der Waals surface area contributed by atoms with E-state index in [0.717, 1.165) is 44.7 Å². The molecule has 8 heteroatoms. The van der Waals surface area contributed by atoms with Gasteiger partial charge in [-0.3, -0.25) is 14.3 Å². The number of Topliss-reactive ketones (excluding diaryl/α,β-unsaturated/α-hetero) is 1. The van der Waals surface area contributed by atoms with Gasteiger partial charge in [0.05, 0.1) is 11.4 Å². The van der Waals surface area contributed by atoms with E-state index in [0.29, 0.717) is 23.5 Å². The molecule has 4 rings (SSSR count). The number of aliphatic imine (C=N–C) groups is 1. The van der Waals surface area contributed by atoms with Crippen molar-refractivity contribution in [2.75, 3.05) is 18.0 Å². The largest absolute Gasteiger partial charge is 0.396 e. The molecule has 2 N–H and O–H groups in total. The number of hydrogen-bond donors (Lipinski definition) is 1. The Morgan fingerprint density at radius 2 is 1.76 bits per heavy atom. The number of carbonyl (C=O) groups is 1. The van der Waals surface area contributed by atoms with Crippen LogP contribution in [0.3, 0.4) is 0 Å². The van der Waals surface area contributed by atoms with Crippen molar-refractivity contribution in [3.05, 3.63) is 32.7 Å². The Morgan fingerprint density at radius 3 is 2.48 bits per heavy atom. The summed E-state index contributed by atoms with van der Waals surface area (Å²) in [4.78, 5) is 31.6. The minimum absolute atomic E-state index is 0.0340. The summed E-state index contributed by atoms with van der Waals surface area (Å²) < 4.78 is 3.78. The number of halogens is 1. The van der Waals surface area contributed by atoms with Gasteiger partial charge in [0.1, 0.15) is 5.03 Å². The van der Waals surface area contributed by atoms with Crippen molar-refractivity contribution in [2.24, 2.45) is 10.7 Å². The average Bonchev–Trinajstić information content (AvgIpc) is 3.31. The number of allylic oxidation sites excluding steroid dienone is 3. The van der Waals surface area contributed by atoms with Gasteiger partial charge in [-0.15, -0.1) is 0 Å². The van der Waals surface area contributed by atoms with E-state index < -0.39 is 0 Å². The molecule has 0 spiro atoms. The second-order valence-electron chi connectivity index (χ2n) is 6.65. The summed E-state index contributed by atoms with van der Waals surface area (Å²) in [5.41, 5.74) is 7.24. The zero-order chi connectivity index (χ0) is 17.7. The Bertz CT molecular complexity index is 912. The van der Waals surface area contributed by atoms with E-state index in [1.165, 1.54) is 0 Å². The monoisotopic (exact) mass is 361 g/mol. The first kappa shape index (κ1) is 16.2. The minimum Gasteiger partial charge on any atom is -0.396 e. The first-order chi connectivity index (χ1) is 12.0. The molecule has 0 radical (unpaired) electrons. The first-order valence-electron chi connectivity index (χ1n) is 8.55. The highest BCUT2D eigenvalue weighted by Crippen LogP contribution is 2.33. The second kappa shape index (κ2) is 5.91. The highest BCUT2D eigenvalue weighted by Gasteiger charge is 2.30. The van der Waals surface area contributed by atoms with E-state index in [2.05, 4.69) is 9.89 Å². The number of nitrogens with two attached hydrogens (primary N) is 1. The molecule has 0 saturated carbocycles. The van der Waals surface area contributed by atoms with Gasteiger partial charge in [0, 0.05) is 31.8 Å². The van der Waals surface area contributed by atoms with Crippen LogP contribution in [-0.4, -0.2) is 33.9 Å². The quantitative estimate of drug-likeness (QED) is 0.812. The Labute approximate surface area is 150 Å². The fraction of sp³-hybridized carbons (Fsp3) is 0.471. The van der Waals surface area contributed by atoms with Gasteiger partial charge in [0.25, 0.3) is 5.56 Å². The lowest BCUT2D eigenvalue weighted by Gasteiger charge is -2.20.